The Morgan fingerprint density at radius 3 is 2.29 bits per heavy atom. The first-order valence-electron chi connectivity index (χ1n) is 13.0. The van der Waals surface area contributed by atoms with E-state index in [4.69, 9.17) is 16.3 Å². The number of benzene rings is 2. The average molecular weight is 554 g/mol. The van der Waals surface area contributed by atoms with Crippen LogP contribution in [0.2, 0.25) is 5.02 Å². The number of likely N-dealkylation sites (N-methyl/N-ethyl adjacent to an activating group) is 1. The van der Waals surface area contributed by atoms with Gasteiger partial charge in [-0.25, -0.2) is 0 Å². The van der Waals surface area contributed by atoms with E-state index in [-0.39, 0.29) is 30.5 Å². The van der Waals surface area contributed by atoms with Crippen molar-refractivity contribution in [1.82, 2.24) is 15.1 Å². The van der Waals surface area contributed by atoms with E-state index in [1.165, 1.54) is 10.4 Å². The number of halogens is 1. The molecular formula is C30H36ClN3O3S. The molecule has 0 unspecified atom stereocenters. The second-order valence-corrected chi connectivity index (χ2v) is 11.5. The van der Waals surface area contributed by atoms with Gasteiger partial charge in [-0.05, 0) is 99.1 Å². The zero-order valence-corrected chi connectivity index (χ0v) is 23.8. The normalized spacial score (nSPS) is 18.1. The minimum absolute atomic E-state index is 0.0109. The number of rotatable bonds is 10. The molecule has 3 aromatic rings. The minimum Gasteiger partial charge on any atom is -0.484 e. The Balaban J connectivity index is 1.21. The van der Waals surface area contributed by atoms with Crippen LogP contribution in [0, 0.1) is 0 Å². The van der Waals surface area contributed by atoms with E-state index in [2.05, 4.69) is 33.8 Å². The highest BCUT2D eigenvalue weighted by Gasteiger charge is 2.28. The molecule has 0 saturated heterocycles. The molecule has 2 amide bonds. The van der Waals surface area contributed by atoms with Gasteiger partial charge in [0.05, 0.1) is 6.04 Å². The fourth-order valence-corrected chi connectivity index (χ4v) is 6.07. The smallest absolute Gasteiger partial charge is 0.258 e. The first-order chi connectivity index (χ1) is 18.3. The summed E-state index contributed by atoms with van der Waals surface area (Å²) in [6.07, 6.45) is 4.00. The number of thiophene rings is 1. The summed E-state index contributed by atoms with van der Waals surface area (Å²) in [5.41, 5.74) is 1.94. The largest absolute Gasteiger partial charge is 0.484 e. The van der Waals surface area contributed by atoms with Gasteiger partial charge in [0.1, 0.15) is 5.75 Å². The second-order valence-electron chi connectivity index (χ2n) is 10.1. The minimum atomic E-state index is -0.131. The molecule has 1 heterocycles. The van der Waals surface area contributed by atoms with E-state index in [9.17, 15) is 9.59 Å². The Hall–Kier alpha value is -2.87. The van der Waals surface area contributed by atoms with E-state index >= 15 is 0 Å². The van der Waals surface area contributed by atoms with Crippen molar-refractivity contribution < 1.29 is 14.3 Å². The molecule has 6 nitrogen and oxygen atoms in total. The van der Waals surface area contributed by atoms with E-state index in [0.717, 1.165) is 25.7 Å². The summed E-state index contributed by atoms with van der Waals surface area (Å²) >= 11 is 7.65. The Morgan fingerprint density at radius 2 is 1.68 bits per heavy atom. The number of nitrogens with zero attached hydrogens (tertiary/aromatic N) is 2. The monoisotopic (exact) mass is 553 g/mol. The van der Waals surface area contributed by atoms with E-state index < -0.39 is 0 Å². The van der Waals surface area contributed by atoms with Gasteiger partial charge in [-0.1, -0.05) is 29.8 Å². The molecule has 1 atom stereocenters. The fourth-order valence-electron chi connectivity index (χ4n) is 5.02. The van der Waals surface area contributed by atoms with Crippen LogP contribution >= 0.6 is 22.9 Å². The van der Waals surface area contributed by atoms with Crippen LogP contribution in [0.25, 0.3) is 0 Å². The summed E-state index contributed by atoms with van der Waals surface area (Å²) in [5.74, 6) is 1.06. The highest BCUT2D eigenvalue weighted by atomic mass is 35.5. The van der Waals surface area contributed by atoms with Crippen molar-refractivity contribution in [3.8, 4) is 5.75 Å². The van der Waals surface area contributed by atoms with Crippen molar-refractivity contribution in [3.63, 3.8) is 0 Å². The maximum atomic E-state index is 12.9. The number of ether oxygens (including phenoxy) is 1. The van der Waals surface area contributed by atoms with Crippen LogP contribution in [0.3, 0.4) is 0 Å². The molecule has 0 bridgehead atoms. The van der Waals surface area contributed by atoms with Crippen LogP contribution in [-0.2, 0) is 4.79 Å². The van der Waals surface area contributed by atoms with Crippen molar-refractivity contribution in [2.45, 2.75) is 43.7 Å². The molecule has 4 rings (SSSR count). The summed E-state index contributed by atoms with van der Waals surface area (Å²) < 4.78 is 5.74. The van der Waals surface area contributed by atoms with Crippen molar-refractivity contribution in [1.29, 1.82) is 0 Å². The van der Waals surface area contributed by atoms with Crippen LogP contribution in [-0.4, -0.2) is 62.0 Å². The number of amides is 2. The average Bonchev–Trinajstić information content (AvgIpc) is 3.46. The van der Waals surface area contributed by atoms with Crippen LogP contribution in [0.15, 0.2) is 66.0 Å². The van der Waals surface area contributed by atoms with Crippen molar-refractivity contribution in [2.24, 2.45) is 0 Å². The Kier molecular flexibility index (Phi) is 9.83. The molecule has 1 aliphatic carbocycles. The van der Waals surface area contributed by atoms with E-state index in [1.807, 2.05) is 44.2 Å². The van der Waals surface area contributed by atoms with Crippen molar-refractivity contribution in [3.05, 3.63) is 87.1 Å². The van der Waals surface area contributed by atoms with Gasteiger partial charge >= 0.3 is 0 Å². The lowest BCUT2D eigenvalue weighted by molar-refractivity contribution is -0.123. The van der Waals surface area contributed by atoms with Crippen molar-refractivity contribution >= 4 is 34.8 Å². The molecule has 1 aromatic heterocycles. The number of hydrogen-bond donors (Lipinski definition) is 1. The molecule has 0 spiro atoms. The third-order valence-electron chi connectivity index (χ3n) is 7.36. The maximum absolute atomic E-state index is 12.9. The number of carbonyl (C=O) groups excluding carboxylic acids is 2. The van der Waals surface area contributed by atoms with Crippen LogP contribution in [0.5, 0.6) is 5.75 Å². The molecule has 8 heteroatoms. The molecule has 1 N–H and O–H groups in total. The number of nitrogens with one attached hydrogen (secondary N) is 1. The van der Waals surface area contributed by atoms with Gasteiger partial charge < -0.3 is 19.9 Å². The van der Waals surface area contributed by atoms with Crippen LogP contribution < -0.4 is 10.1 Å². The fraction of sp³-hybridized carbons (Fsp3) is 0.400. The van der Waals surface area contributed by atoms with E-state index in [0.29, 0.717) is 28.8 Å². The Morgan fingerprint density at radius 1 is 1.00 bits per heavy atom. The molecule has 0 aliphatic heterocycles. The molecule has 202 valence electrons. The third kappa shape index (κ3) is 7.37. The molecule has 1 aliphatic rings. The molecular weight excluding hydrogens is 518 g/mol. The highest BCUT2D eigenvalue weighted by Crippen LogP contribution is 2.35. The summed E-state index contributed by atoms with van der Waals surface area (Å²) in [7, 11) is 5.92. The molecule has 1 saturated carbocycles. The quantitative estimate of drug-likeness (QED) is 0.334. The van der Waals surface area contributed by atoms with Crippen LogP contribution in [0.4, 0.5) is 0 Å². The predicted molar refractivity (Wildman–Crippen MR) is 154 cm³/mol. The van der Waals surface area contributed by atoms with Gasteiger partial charge in [0, 0.05) is 35.1 Å². The lowest BCUT2D eigenvalue weighted by Gasteiger charge is -2.35. The van der Waals surface area contributed by atoms with Gasteiger partial charge in [0.25, 0.3) is 11.8 Å². The zero-order chi connectivity index (χ0) is 27.1. The SMILES string of the molecule is CN(C(=O)c1ccc(Cl)cc1)C1CCC(c2ccc(OCC(=O)NC[C@@H](c3cccs3)N(C)C)cc2)CC1. The summed E-state index contributed by atoms with van der Waals surface area (Å²) in [5, 5.41) is 5.67. The van der Waals surface area contributed by atoms with Crippen LogP contribution in [0.1, 0.15) is 58.4 Å². The lowest BCUT2D eigenvalue weighted by Crippen LogP contribution is -2.39. The lowest BCUT2D eigenvalue weighted by atomic mass is 9.81. The van der Waals surface area contributed by atoms with Gasteiger partial charge in [0.15, 0.2) is 6.61 Å². The zero-order valence-electron chi connectivity index (χ0n) is 22.2. The number of hydrogen-bond acceptors (Lipinski definition) is 5. The summed E-state index contributed by atoms with van der Waals surface area (Å²) in [4.78, 5) is 30.4. The highest BCUT2D eigenvalue weighted by molar-refractivity contribution is 7.10. The Bertz CT molecular complexity index is 1170. The van der Waals surface area contributed by atoms with Gasteiger partial charge in [0.2, 0.25) is 0 Å². The van der Waals surface area contributed by atoms with Crippen molar-refractivity contribution in [2.75, 3.05) is 34.3 Å². The van der Waals surface area contributed by atoms with Gasteiger partial charge in [-0.3, -0.25) is 9.59 Å². The molecule has 38 heavy (non-hydrogen) atoms. The van der Waals surface area contributed by atoms with Gasteiger partial charge in [-0.2, -0.15) is 0 Å². The first kappa shape index (κ1) is 28.1. The second kappa shape index (κ2) is 13.3. The standard InChI is InChI=1S/C30H36ClN3O3S/c1-33(2)27(28-5-4-18-38-28)19-32-29(35)20-37-26-16-10-22(11-17-26)21-8-14-25(15-9-21)34(3)30(36)23-6-12-24(31)13-7-23/h4-7,10-13,16-18,21,25,27H,8-9,14-15,19-20H2,1-3H3,(H,32,35)/t21?,25?,27-/m0/s1. The predicted octanol–water partition coefficient (Wildman–Crippen LogP) is 6.00. The Labute approximate surface area is 234 Å². The topological polar surface area (TPSA) is 61.9 Å². The maximum Gasteiger partial charge on any atom is 0.258 e. The van der Waals surface area contributed by atoms with Gasteiger partial charge in [-0.15, -0.1) is 11.3 Å². The van der Waals surface area contributed by atoms with E-state index in [1.54, 1.807) is 35.6 Å². The molecule has 2 aromatic carbocycles. The number of carbonyl (C=O) groups is 2. The first-order valence-corrected chi connectivity index (χ1v) is 14.3. The third-order valence-corrected chi connectivity index (χ3v) is 8.59. The molecule has 0 radical (unpaired) electrons. The summed E-state index contributed by atoms with van der Waals surface area (Å²) in [6.45, 7) is 0.529. The molecule has 1 fully saturated rings. The summed E-state index contributed by atoms with van der Waals surface area (Å²) in [6, 6.07) is 19.7.